The van der Waals surface area contributed by atoms with E-state index in [1.165, 1.54) is 18.2 Å². The van der Waals surface area contributed by atoms with Gasteiger partial charge in [-0.3, -0.25) is 9.88 Å². The number of anilines is 2. The molecule has 0 aliphatic carbocycles. The number of benzene rings is 2. The molecule has 1 saturated heterocycles. The second kappa shape index (κ2) is 10.4. The van der Waals surface area contributed by atoms with Crippen molar-refractivity contribution in [3.05, 3.63) is 66.4 Å². The molecule has 32 heavy (non-hydrogen) atoms. The number of halogens is 2. The summed E-state index contributed by atoms with van der Waals surface area (Å²) in [5, 5.41) is 6.66. The molecule has 0 saturated carbocycles. The number of pyridine rings is 1. The molecular formula is C24H27F2N5O. The van der Waals surface area contributed by atoms with Crippen LogP contribution in [0.2, 0.25) is 0 Å². The van der Waals surface area contributed by atoms with Crippen molar-refractivity contribution in [2.45, 2.75) is 12.8 Å². The van der Waals surface area contributed by atoms with Crippen molar-refractivity contribution in [2.75, 3.05) is 49.5 Å². The first-order valence-corrected chi connectivity index (χ1v) is 10.9. The van der Waals surface area contributed by atoms with E-state index in [9.17, 15) is 13.6 Å². The molecule has 8 heteroatoms. The maximum absolute atomic E-state index is 14.0. The lowest BCUT2D eigenvalue weighted by molar-refractivity contribution is 0.246. The van der Waals surface area contributed by atoms with Crippen molar-refractivity contribution in [2.24, 2.45) is 0 Å². The quantitative estimate of drug-likeness (QED) is 0.541. The second-order valence-corrected chi connectivity index (χ2v) is 7.90. The van der Waals surface area contributed by atoms with Gasteiger partial charge in [0.1, 0.15) is 17.3 Å². The Labute approximate surface area is 186 Å². The van der Waals surface area contributed by atoms with Crippen LogP contribution in [0.5, 0.6) is 0 Å². The van der Waals surface area contributed by atoms with Gasteiger partial charge in [-0.2, -0.15) is 0 Å². The van der Waals surface area contributed by atoms with Crippen molar-refractivity contribution >= 4 is 28.3 Å². The third kappa shape index (κ3) is 5.50. The minimum atomic E-state index is -0.512. The molecule has 2 aromatic carbocycles. The third-order valence-electron chi connectivity index (χ3n) is 5.66. The van der Waals surface area contributed by atoms with Crippen LogP contribution in [0.25, 0.3) is 10.9 Å². The Kier molecular flexibility index (Phi) is 7.11. The van der Waals surface area contributed by atoms with Gasteiger partial charge in [0, 0.05) is 38.1 Å². The molecule has 1 aliphatic rings. The van der Waals surface area contributed by atoms with E-state index in [0.29, 0.717) is 25.3 Å². The van der Waals surface area contributed by atoms with Gasteiger partial charge < -0.3 is 15.5 Å². The van der Waals surface area contributed by atoms with Gasteiger partial charge in [0.15, 0.2) is 0 Å². The summed E-state index contributed by atoms with van der Waals surface area (Å²) in [6.07, 6.45) is 3.44. The first-order chi connectivity index (χ1) is 15.6. The molecule has 0 atom stereocenters. The van der Waals surface area contributed by atoms with E-state index in [0.717, 1.165) is 43.4 Å². The van der Waals surface area contributed by atoms with Gasteiger partial charge in [-0.1, -0.05) is 24.3 Å². The number of carbonyl (C=O) groups excluding carboxylic acids is 1. The molecule has 2 heterocycles. The number of rotatable bonds is 7. The number of nitrogens with one attached hydrogen (secondary N) is 2. The highest BCUT2D eigenvalue weighted by molar-refractivity contribution is 5.91. The van der Waals surface area contributed by atoms with Crippen LogP contribution in [-0.2, 0) is 0 Å². The fourth-order valence-electron chi connectivity index (χ4n) is 3.96. The first kappa shape index (κ1) is 22.0. The molecule has 168 valence electrons. The van der Waals surface area contributed by atoms with Crippen molar-refractivity contribution < 1.29 is 13.6 Å². The Balaban J connectivity index is 1.13. The summed E-state index contributed by atoms with van der Waals surface area (Å²) >= 11 is 0. The molecular weight excluding hydrogens is 412 g/mol. The minimum Gasteiger partial charge on any atom is -0.364 e. The van der Waals surface area contributed by atoms with E-state index in [1.54, 1.807) is 11.1 Å². The molecule has 1 fully saturated rings. The van der Waals surface area contributed by atoms with Crippen LogP contribution in [0, 0.1) is 11.6 Å². The van der Waals surface area contributed by atoms with E-state index in [-0.39, 0.29) is 11.7 Å². The van der Waals surface area contributed by atoms with Gasteiger partial charge in [-0.05, 0) is 43.7 Å². The van der Waals surface area contributed by atoms with Gasteiger partial charge in [0.05, 0.1) is 17.4 Å². The van der Waals surface area contributed by atoms with E-state index in [1.807, 2.05) is 30.3 Å². The van der Waals surface area contributed by atoms with E-state index < -0.39 is 11.6 Å². The van der Waals surface area contributed by atoms with Crippen LogP contribution >= 0.6 is 0 Å². The summed E-state index contributed by atoms with van der Waals surface area (Å²) < 4.78 is 27.9. The summed E-state index contributed by atoms with van der Waals surface area (Å²) in [6, 6.07) is 13.4. The average molecular weight is 440 g/mol. The van der Waals surface area contributed by atoms with Crippen molar-refractivity contribution in [3.8, 4) is 0 Å². The number of fused-ring (bicyclic) bond motifs is 1. The molecule has 2 N–H and O–H groups in total. The monoisotopic (exact) mass is 439 g/mol. The number of aromatic nitrogens is 1. The maximum Gasteiger partial charge on any atom is 0.319 e. The molecule has 4 rings (SSSR count). The van der Waals surface area contributed by atoms with Crippen LogP contribution in [0.1, 0.15) is 12.8 Å². The number of carbonyl (C=O) groups is 1. The highest BCUT2D eigenvalue weighted by atomic mass is 19.1. The van der Waals surface area contributed by atoms with Gasteiger partial charge in [0.25, 0.3) is 0 Å². The third-order valence-corrected chi connectivity index (χ3v) is 5.66. The zero-order valence-electron chi connectivity index (χ0n) is 17.9. The average Bonchev–Trinajstić information content (AvgIpc) is 2.79. The van der Waals surface area contributed by atoms with Crippen molar-refractivity contribution in [1.29, 1.82) is 0 Å². The zero-order valence-corrected chi connectivity index (χ0v) is 17.9. The fraction of sp³-hybridized carbons (Fsp3) is 0.333. The van der Waals surface area contributed by atoms with E-state index >= 15 is 0 Å². The van der Waals surface area contributed by atoms with Crippen LogP contribution in [0.15, 0.2) is 54.7 Å². The minimum absolute atomic E-state index is 0.0731. The molecule has 1 aliphatic heterocycles. The highest BCUT2D eigenvalue weighted by Crippen LogP contribution is 2.24. The van der Waals surface area contributed by atoms with Gasteiger partial charge in [-0.15, -0.1) is 0 Å². The maximum atomic E-state index is 14.0. The molecule has 2 amide bonds. The Morgan fingerprint density at radius 2 is 1.72 bits per heavy atom. The SMILES string of the molecule is O=C(NCCCCN1CCN(c2c(F)cccc2F)CC1)Nc1cnc2ccccc2c1. The number of amides is 2. The molecule has 0 bridgehead atoms. The standard InChI is InChI=1S/C24H27F2N5O/c25-20-7-5-8-21(26)23(20)31-14-12-30(13-15-31)11-4-3-10-27-24(32)29-19-16-18-6-1-2-9-22(18)28-17-19/h1-2,5-9,16-17H,3-4,10-15H2,(H2,27,29,32). The number of urea groups is 1. The largest absolute Gasteiger partial charge is 0.364 e. The molecule has 6 nitrogen and oxygen atoms in total. The number of hydrogen-bond acceptors (Lipinski definition) is 4. The summed E-state index contributed by atoms with van der Waals surface area (Å²) in [5.41, 5.74) is 1.62. The van der Waals surface area contributed by atoms with Crippen LogP contribution in [-0.4, -0.2) is 55.2 Å². The number of para-hydroxylation sites is 2. The topological polar surface area (TPSA) is 60.5 Å². The number of piperazine rings is 1. The lowest BCUT2D eigenvalue weighted by atomic mass is 10.2. The highest BCUT2D eigenvalue weighted by Gasteiger charge is 2.21. The number of nitrogens with zero attached hydrogens (tertiary/aromatic N) is 3. The van der Waals surface area contributed by atoms with Crippen LogP contribution in [0.4, 0.5) is 25.0 Å². The van der Waals surface area contributed by atoms with E-state index in [4.69, 9.17) is 0 Å². The fourth-order valence-corrected chi connectivity index (χ4v) is 3.96. The molecule has 0 radical (unpaired) electrons. The Bertz CT molecular complexity index is 1050. The summed E-state index contributed by atoms with van der Waals surface area (Å²) in [4.78, 5) is 20.5. The number of hydrogen-bond donors (Lipinski definition) is 2. The lowest BCUT2D eigenvalue weighted by Gasteiger charge is -2.36. The van der Waals surface area contributed by atoms with E-state index in [2.05, 4.69) is 20.5 Å². The Morgan fingerprint density at radius 1 is 0.969 bits per heavy atom. The van der Waals surface area contributed by atoms with Gasteiger partial charge >= 0.3 is 6.03 Å². The summed E-state index contributed by atoms with van der Waals surface area (Å²) in [7, 11) is 0. The smallest absolute Gasteiger partial charge is 0.319 e. The second-order valence-electron chi connectivity index (χ2n) is 7.90. The predicted molar refractivity (Wildman–Crippen MR) is 123 cm³/mol. The molecule has 3 aromatic rings. The predicted octanol–water partition coefficient (Wildman–Crippen LogP) is 4.24. The lowest BCUT2D eigenvalue weighted by Crippen LogP contribution is -2.47. The molecule has 0 spiro atoms. The zero-order chi connectivity index (χ0) is 22.3. The Morgan fingerprint density at radius 3 is 2.50 bits per heavy atom. The molecule has 1 aromatic heterocycles. The van der Waals surface area contributed by atoms with Crippen molar-refractivity contribution in [3.63, 3.8) is 0 Å². The van der Waals surface area contributed by atoms with Crippen LogP contribution < -0.4 is 15.5 Å². The van der Waals surface area contributed by atoms with Gasteiger partial charge in [0.2, 0.25) is 0 Å². The summed E-state index contributed by atoms with van der Waals surface area (Å²) in [6.45, 7) is 4.18. The van der Waals surface area contributed by atoms with Crippen LogP contribution in [0.3, 0.4) is 0 Å². The number of unbranched alkanes of at least 4 members (excludes halogenated alkanes) is 1. The van der Waals surface area contributed by atoms with Gasteiger partial charge in [-0.25, -0.2) is 13.6 Å². The summed E-state index contributed by atoms with van der Waals surface area (Å²) in [5.74, 6) is -1.02. The normalized spacial score (nSPS) is 14.5. The first-order valence-electron chi connectivity index (χ1n) is 10.9. The van der Waals surface area contributed by atoms with Crippen molar-refractivity contribution in [1.82, 2.24) is 15.2 Å². The Hall–Kier alpha value is -3.26. The molecule has 0 unspecified atom stereocenters.